The largest absolute Gasteiger partial charge is 0.393 e. The predicted molar refractivity (Wildman–Crippen MR) is 129 cm³/mol. The first-order valence-corrected chi connectivity index (χ1v) is 12.8. The first kappa shape index (κ1) is 24.7. The summed E-state index contributed by atoms with van der Waals surface area (Å²) in [6.07, 6.45) is 13.8. The average molecular weight is 431 g/mol. The standard InChI is InChI=1S/C28H46O3/c1-18(2)26(30)14-11-19(3)24-9-6-10-25-21(8-7-15-28(24,25)5)12-13-22-16-23(29)17-27(31)20(22)4/h12-13,18-19,23-27,29-31H,4,6-11,14-17H2,1-3,5H3. The summed E-state index contributed by atoms with van der Waals surface area (Å²) < 4.78 is 0. The highest BCUT2D eigenvalue weighted by molar-refractivity contribution is 5.38. The zero-order valence-electron chi connectivity index (χ0n) is 20.3. The lowest BCUT2D eigenvalue weighted by Crippen LogP contribution is -2.44. The molecule has 0 heterocycles. The minimum atomic E-state index is -0.619. The zero-order valence-corrected chi connectivity index (χ0v) is 20.3. The molecule has 7 atom stereocenters. The number of allylic oxidation sites excluding steroid dienone is 3. The van der Waals surface area contributed by atoms with Gasteiger partial charge >= 0.3 is 0 Å². The van der Waals surface area contributed by atoms with Crippen LogP contribution in [-0.4, -0.2) is 33.6 Å². The molecule has 0 radical (unpaired) electrons. The molecule has 3 rings (SSSR count). The van der Waals surface area contributed by atoms with Gasteiger partial charge < -0.3 is 15.3 Å². The van der Waals surface area contributed by atoms with E-state index in [2.05, 4.69) is 46.4 Å². The summed E-state index contributed by atoms with van der Waals surface area (Å²) >= 11 is 0. The van der Waals surface area contributed by atoms with Crippen molar-refractivity contribution in [2.45, 2.75) is 110 Å². The molecule has 0 aromatic carbocycles. The van der Waals surface area contributed by atoms with Gasteiger partial charge in [-0.25, -0.2) is 0 Å². The van der Waals surface area contributed by atoms with Crippen LogP contribution in [0, 0.1) is 29.1 Å². The van der Waals surface area contributed by atoms with Gasteiger partial charge in [-0.3, -0.25) is 0 Å². The molecule has 0 spiro atoms. The van der Waals surface area contributed by atoms with Crippen LogP contribution in [-0.2, 0) is 0 Å². The highest BCUT2D eigenvalue weighted by Gasteiger charge is 2.48. The van der Waals surface area contributed by atoms with Crippen LogP contribution in [0.3, 0.4) is 0 Å². The Morgan fingerprint density at radius 2 is 1.84 bits per heavy atom. The van der Waals surface area contributed by atoms with Gasteiger partial charge in [0.25, 0.3) is 0 Å². The van der Waals surface area contributed by atoms with Gasteiger partial charge in [0.2, 0.25) is 0 Å². The summed E-state index contributed by atoms with van der Waals surface area (Å²) in [5.41, 5.74) is 3.68. The summed E-state index contributed by atoms with van der Waals surface area (Å²) in [5, 5.41) is 30.5. The minimum Gasteiger partial charge on any atom is -0.393 e. The molecule has 0 bridgehead atoms. The second-order valence-corrected chi connectivity index (χ2v) is 11.4. The number of aliphatic hydroxyl groups excluding tert-OH is 3. The topological polar surface area (TPSA) is 60.7 Å². The van der Waals surface area contributed by atoms with E-state index in [4.69, 9.17) is 0 Å². The van der Waals surface area contributed by atoms with Crippen LogP contribution in [0.2, 0.25) is 0 Å². The number of rotatable bonds is 6. The highest BCUT2D eigenvalue weighted by Crippen LogP contribution is 2.57. The Morgan fingerprint density at radius 1 is 1.10 bits per heavy atom. The molecule has 0 amide bonds. The van der Waals surface area contributed by atoms with Crippen molar-refractivity contribution < 1.29 is 15.3 Å². The van der Waals surface area contributed by atoms with E-state index in [-0.39, 0.29) is 6.10 Å². The molecular formula is C28H46O3. The second-order valence-electron chi connectivity index (χ2n) is 11.4. The van der Waals surface area contributed by atoms with Crippen molar-refractivity contribution in [3.05, 3.63) is 35.5 Å². The summed E-state index contributed by atoms with van der Waals surface area (Å²) in [7, 11) is 0. The maximum Gasteiger partial charge on any atom is 0.0811 e. The normalized spacial score (nSPS) is 39.0. The molecule has 3 aliphatic rings. The van der Waals surface area contributed by atoms with Gasteiger partial charge in [-0.1, -0.05) is 58.4 Å². The third-order valence-electron chi connectivity index (χ3n) is 8.92. The van der Waals surface area contributed by atoms with E-state index >= 15 is 0 Å². The van der Waals surface area contributed by atoms with Gasteiger partial charge in [-0.05, 0) is 91.6 Å². The van der Waals surface area contributed by atoms with Crippen LogP contribution in [0.5, 0.6) is 0 Å². The lowest BCUT2D eigenvalue weighted by molar-refractivity contribution is -0.00573. The molecule has 0 aromatic heterocycles. The van der Waals surface area contributed by atoms with E-state index in [9.17, 15) is 15.3 Å². The molecule has 31 heavy (non-hydrogen) atoms. The van der Waals surface area contributed by atoms with Gasteiger partial charge in [0.15, 0.2) is 0 Å². The third-order valence-corrected chi connectivity index (χ3v) is 8.92. The summed E-state index contributed by atoms with van der Waals surface area (Å²) in [6.45, 7) is 13.2. The maximum absolute atomic E-state index is 10.3. The fourth-order valence-electron chi connectivity index (χ4n) is 6.84. The molecule has 3 nitrogen and oxygen atoms in total. The molecule has 3 aliphatic carbocycles. The molecule has 3 heteroatoms. The Kier molecular flexibility index (Phi) is 8.27. The number of fused-ring (bicyclic) bond motifs is 1. The Morgan fingerprint density at radius 3 is 2.55 bits per heavy atom. The fraction of sp³-hybridized carbons (Fsp3) is 0.786. The monoisotopic (exact) mass is 430 g/mol. The van der Waals surface area contributed by atoms with Crippen LogP contribution in [0.1, 0.15) is 91.9 Å². The van der Waals surface area contributed by atoms with Crippen molar-refractivity contribution >= 4 is 0 Å². The highest BCUT2D eigenvalue weighted by atomic mass is 16.3. The quantitative estimate of drug-likeness (QED) is 0.488. The summed E-state index contributed by atoms with van der Waals surface area (Å²) in [4.78, 5) is 0. The van der Waals surface area contributed by atoms with Gasteiger partial charge in [0, 0.05) is 6.42 Å². The lowest BCUT2D eigenvalue weighted by Gasteiger charge is -2.54. The SMILES string of the molecule is C=C1C(=CC=C2CCCC3(C)C2CCCC3C(C)CCC(O)C(C)C)CC(O)CC1O. The van der Waals surface area contributed by atoms with Crippen LogP contribution in [0.4, 0.5) is 0 Å². The zero-order chi connectivity index (χ0) is 22.8. The average Bonchev–Trinajstić information content (AvgIpc) is 2.72. The summed E-state index contributed by atoms with van der Waals surface area (Å²) in [6, 6.07) is 0. The van der Waals surface area contributed by atoms with E-state index < -0.39 is 12.2 Å². The lowest BCUT2D eigenvalue weighted by atomic mass is 9.51. The van der Waals surface area contributed by atoms with Crippen molar-refractivity contribution in [3.8, 4) is 0 Å². The maximum atomic E-state index is 10.3. The van der Waals surface area contributed by atoms with Gasteiger partial charge in [0.1, 0.15) is 0 Å². The van der Waals surface area contributed by atoms with Crippen molar-refractivity contribution in [1.29, 1.82) is 0 Å². The van der Waals surface area contributed by atoms with Gasteiger partial charge in [-0.15, -0.1) is 0 Å². The fourth-order valence-corrected chi connectivity index (χ4v) is 6.84. The number of hydrogen-bond acceptors (Lipinski definition) is 3. The van der Waals surface area contributed by atoms with Crippen molar-refractivity contribution in [3.63, 3.8) is 0 Å². The second kappa shape index (κ2) is 10.4. The van der Waals surface area contributed by atoms with E-state index in [0.29, 0.717) is 36.0 Å². The predicted octanol–water partition coefficient (Wildman–Crippen LogP) is 5.95. The molecule has 0 aliphatic heterocycles. The Labute approximate surface area is 190 Å². The number of aliphatic hydroxyl groups is 3. The van der Waals surface area contributed by atoms with E-state index in [1.165, 1.54) is 32.1 Å². The Hall–Kier alpha value is -0.900. The van der Waals surface area contributed by atoms with E-state index in [0.717, 1.165) is 36.3 Å². The Bertz CT molecular complexity index is 690. The smallest absolute Gasteiger partial charge is 0.0811 e. The molecular weight excluding hydrogens is 384 g/mol. The molecule has 176 valence electrons. The van der Waals surface area contributed by atoms with Crippen LogP contribution in [0.15, 0.2) is 35.5 Å². The summed E-state index contributed by atoms with van der Waals surface area (Å²) in [5.74, 6) is 2.32. The van der Waals surface area contributed by atoms with Gasteiger partial charge in [0.05, 0.1) is 18.3 Å². The first-order chi connectivity index (χ1) is 14.6. The minimum absolute atomic E-state index is 0.183. The molecule has 7 unspecified atom stereocenters. The van der Waals surface area contributed by atoms with Crippen LogP contribution < -0.4 is 0 Å². The van der Waals surface area contributed by atoms with Gasteiger partial charge in [-0.2, -0.15) is 0 Å². The Balaban J connectivity index is 1.76. The van der Waals surface area contributed by atoms with E-state index in [1.807, 2.05) is 0 Å². The molecule has 0 aromatic rings. The molecule has 3 N–H and O–H groups in total. The first-order valence-electron chi connectivity index (χ1n) is 12.8. The van der Waals surface area contributed by atoms with Crippen molar-refractivity contribution in [2.24, 2.45) is 29.1 Å². The molecule has 3 fully saturated rings. The van der Waals surface area contributed by atoms with E-state index in [1.54, 1.807) is 5.57 Å². The molecule has 3 saturated carbocycles. The van der Waals surface area contributed by atoms with Crippen molar-refractivity contribution in [1.82, 2.24) is 0 Å². The third kappa shape index (κ3) is 5.54. The van der Waals surface area contributed by atoms with Crippen molar-refractivity contribution in [2.75, 3.05) is 0 Å². The van der Waals surface area contributed by atoms with Crippen LogP contribution >= 0.6 is 0 Å². The van der Waals surface area contributed by atoms with Crippen LogP contribution in [0.25, 0.3) is 0 Å². The molecule has 0 saturated heterocycles. The number of hydrogen-bond donors (Lipinski definition) is 3.